The number of carbonyl (C=O) groups excluding carboxylic acids is 1. The number of ether oxygens (including phenoxy) is 1. The van der Waals surface area contributed by atoms with Crippen LogP contribution < -0.4 is 0 Å². The first-order valence-electron chi connectivity index (χ1n) is 9.69. The van der Waals surface area contributed by atoms with Crippen LogP contribution in [-0.4, -0.2) is 62.9 Å². The normalized spacial score (nSPS) is 22.4. The minimum Gasteiger partial charge on any atom is -0.448 e. The van der Waals surface area contributed by atoms with Crippen LogP contribution in [-0.2, 0) is 11.3 Å². The summed E-state index contributed by atoms with van der Waals surface area (Å²) in [7, 11) is 0. The molecule has 0 radical (unpaired) electrons. The van der Waals surface area contributed by atoms with Gasteiger partial charge >= 0.3 is 6.09 Å². The number of carbonyl (C=O) groups is 1. The molecule has 0 aliphatic carbocycles. The van der Waals surface area contributed by atoms with E-state index in [1.54, 1.807) is 6.33 Å². The van der Waals surface area contributed by atoms with Crippen molar-refractivity contribution >= 4 is 6.09 Å². The molecule has 2 aliphatic heterocycles. The highest BCUT2D eigenvalue weighted by molar-refractivity contribution is 5.67. The monoisotopic (exact) mass is 349 g/mol. The molecule has 25 heavy (non-hydrogen) atoms. The van der Waals surface area contributed by atoms with E-state index in [1.807, 2.05) is 9.58 Å². The van der Waals surface area contributed by atoms with Crippen molar-refractivity contribution < 1.29 is 9.53 Å². The first-order valence-corrected chi connectivity index (χ1v) is 9.69. The highest BCUT2D eigenvalue weighted by atomic mass is 16.6. The lowest BCUT2D eigenvalue weighted by atomic mass is 10.0. The van der Waals surface area contributed by atoms with Crippen LogP contribution in [0.2, 0.25) is 0 Å². The Bertz CT molecular complexity index is 553. The lowest BCUT2D eigenvalue weighted by Gasteiger charge is -2.35. The van der Waals surface area contributed by atoms with E-state index >= 15 is 0 Å². The summed E-state index contributed by atoms with van der Waals surface area (Å²) in [6, 6.07) is 0.581. The van der Waals surface area contributed by atoms with Crippen LogP contribution in [0.1, 0.15) is 64.2 Å². The summed E-state index contributed by atoms with van der Waals surface area (Å²) >= 11 is 0. The number of amides is 1. The van der Waals surface area contributed by atoms with E-state index in [0.29, 0.717) is 12.6 Å². The number of aromatic nitrogens is 3. The summed E-state index contributed by atoms with van der Waals surface area (Å²) in [6.07, 6.45) is 8.34. The second kappa shape index (κ2) is 8.65. The van der Waals surface area contributed by atoms with Gasteiger partial charge in [0.2, 0.25) is 0 Å². The fourth-order valence-corrected chi connectivity index (χ4v) is 3.79. The van der Waals surface area contributed by atoms with E-state index in [2.05, 4.69) is 28.8 Å². The molecule has 1 unspecified atom stereocenters. The van der Waals surface area contributed by atoms with E-state index in [0.717, 1.165) is 51.3 Å². The minimum atomic E-state index is -0.143. The highest BCUT2D eigenvalue weighted by Crippen LogP contribution is 2.21. The van der Waals surface area contributed by atoms with Crippen molar-refractivity contribution in [2.24, 2.45) is 0 Å². The van der Waals surface area contributed by atoms with Crippen LogP contribution in [0.25, 0.3) is 0 Å². The second-order valence-electron chi connectivity index (χ2n) is 7.46. The SMILES string of the molecule is CC(C)n1ncnc1CN1CCCCC1COC(=O)N1CCCCC1. The maximum atomic E-state index is 12.3. The summed E-state index contributed by atoms with van der Waals surface area (Å²) in [5, 5.41) is 4.33. The van der Waals surface area contributed by atoms with Crippen molar-refractivity contribution in [3.8, 4) is 0 Å². The molecule has 3 rings (SSSR count). The van der Waals surface area contributed by atoms with Crippen LogP contribution in [0.15, 0.2) is 6.33 Å². The molecule has 0 N–H and O–H groups in total. The highest BCUT2D eigenvalue weighted by Gasteiger charge is 2.27. The van der Waals surface area contributed by atoms with Gasteiger partial charge in [-0.2, -0.15) is 5.10 Å². The quantitative estimate of drug-likeness (QED) is 0.818. The lowest BCUT2D eigenvalue weighted by Crippen LogP contribution is -2.44. The van der Waals surface area contributed by atoms with Crippen molar-refractivity contribution in [1.29, 1.82) is 0 Å². The molecule has 1 amide bonds. The fraction of sp³-hybridized carbons (Fsp3) is 0.833. The Kier molecular flexibility index (Phi) is 6.29. The topological polar surface area (TPSA) is 63.5 Å². The molecule has 1 atom stereocenters. The van der Waals surface area contributed by atoms with Gasteiger partial charge in [-0.25, -0.2) is 14.5 Å². The number of hydrogen-bond acceptors (Lipinski definition) is 5. The maximum absolute atomic E-state index is 12.3. The van der Waals surface area contributed by atoms with Gasteiger partial charge in [-0.1, -0.05) is 6.42 Å². The summed E-state index contributed by atoms with van der Waals surface area (Å²) in [5.41, 5.74) is 0. The van der Waals surface area contributed by atoms with Crippen LogP contribution >= 0.6 is 0 Å². The molecular formula is C18H31N5O2. The molecule has 1 aromatic rings. The standard InChI is InChI=1S/C18H31N5O2/c1-15(2)23-17(19-14-20-23)12-22-11-7-4-8-16(22)13-25-18(24)21-9-5-3-6-10-21/h14-16H,3-13H2,1-2H3. The van der Waals surface area contributed by atoms with Crippen LogP contribution in [0, 0.1) is 0 Å². The molecule has 7 nitrogen and oxygen atoms in total. The van der Waals surface area contributed by atoms with Crippen molar-refractivity contribution in [3.05, 3.63) is 12.2 Å². The van der Waals surface area contributed by atoms with Crippen molar-refractivity contribution in [1.82, 2.24) is 24.6 Å². The van der Waals surface area contributed by atoms with E-state index in [4.69, 9.17) is 4.74 Å². The summed E-state index contributed by atoms with van der Waals surface area (Å²) in [5.74, 6) is 0.990. The van der Waals surface area contributed by atoms with Crippen LogP contribution in [0.4, 0.5) is 4.79 Å². The number of piperidine rings is 2. The first kappa shape index (κ1) is 18.2. The Morgan fingerprint density at radius 3 is 2.72 bits per heavy atom. The fourth-order valence-electron chi connectivity index (χ4n) is 3.79. The predicted molar refractivity (Wildman–Crippen MR) is 95.2 cm³/mol. The van der Waals surface area contributed by atoms with E-state index in [-0.39, 0.29) is 12.1 Å². The van der Waals surface area contributed by atoms with Gasteiger partial charge < -0.3 is 9.64 Å². The third-order valence-electron chi connectivity index (χ3n) is 5.24. The van der Waals surface area contributed by atoms with Crippen molar-refractivity contribution in [2.45, 2.75) is 71.0 Å². The molecule has 0 aromatic carbocycles. The van der Waals surface area contributed by atoms with Gasteiger partial charge in [0.1, 0.15) is 18.8 Å². The Balaban J connectivity index is 1.55. The Morgan fingerprint density at radius 2 is 1.96 bits per heavy atom. The molecule has 140 valence electrons. The number of likely N-dealkylation sites (tertiary alicyclic amines) is 2. The second-order valence-corrected chi connectivity index (χ2v) is 7.46. The van der Waals surface area contributed by atoms with Gasteiger partial charge in [-0.3, -0.25) is 4.90 Å². The van der Waals surface area contributed by atoms with Crippen LogP contribution in [0.5, 0.6) is 0 Å². The summed E-state index contributed by atoms with van der Waals surface area (Å²) in [6.45, 7) is 8.18. The van der Waals surface area contributed by atoms with Gasteiger partial charge in [-0.05, 0) is 52.5 Å². The molecular weight excluding hydrogens is 318 g/mol. The first-order chi connectivity index (χ1) is 12.1. The van der Waals surface area contributed by atoms with Gasteiger partial charge in [0.25, 0.3) is 0 Å². The maximum Gasteiger partial charge on any atom is 0.409 e. The van der Waals surface area contributed by atoms with Gasteiger partial charge in [-0.15, -0.1) is 0 Å². The Morgan fingerprint density at radius 1 is 1.20 bits per heavy atom. The minimum absolute atomic E-state index is 0.143. The number of hydrogen-bond donors (Lipinski definition) is 0. The molecule has 2 saturated heterocycles. The van der Waals surface area contributed by atoms with E-state index in [1.165, 1.54) is 19.3 Å². The summed E-state index contributed by atoms with van der Waals surface area (Å²) in [4.78, 5) is 20.9. The number of nitrogens with zero attached hydrogens (tertiary/aromatic N) is 5. The van der Waals surface area contributed by atoms with Crippen LogP contribution in [0.3, 0.4) is 0 Å². The molecule has 0 saturated carbocycles. The van der Waals surface area contributed by atoms with Gasteiger partial charge in [0.15, 0.2) is 0 Å². The van der Waals surface area contributed by atoms with Gasteiger partial charge in [0, 0.05) is 25.2 Å². The van der Waals surface area contributed by atoms with E-state index < -0.39 is 0 Å². The average molecular weight is 349 g/mol. The van der Waals surface area contributed by atoms with Crippen molar-refractivity contribution in [3.63, 3.8) is 0 Å². The zero-order valence-electron chi connectivity index (χ0n) is 15.6. The van der Waals surface area contributed by atoms with E-state index in [9.17, 15) is 4.79 Å². The third-order valence-corrected chi connectivity index (χ3v) is 5.24. The van der Waals surface area contributed by atoms with Gasteiger partial charge in [0.05, 0.1) is 6.54 Å². The lowest BCUT2D eigenvalue weighted by molar-refractivity contribution is 0.0419. The van der Waals surface area contributed by atoms with Crippen molar-refractivity contribution in [2.75, 3.05) is 26.2 Å². The number of rotatable bonds is 5. The molecule has 0 spiro atoms. The molecule has 7 heteroatoms. The zero-order valence-corrected chi connectivity index (χ0v) is 15.6. The Hall–Kier alpha value is -1.63. The Labute approximate surface area is 150 Å². The summed E-state index contributed by atoms with van der Waals surface area (Å²) < 4.78 is 7.63. The molecule has 3 heterocycles. The molecule has 2 fully saturated rings. The third kappa shape index (κ3) is 4.71. The molecule has 1 aromatic heterocycles. The zero-order chi connectivity index (χ0) is 17.6. The smallest absolute Gasteiger partial charge is 0.409 e. The molecule has 0 bridgehead atoms. The average Bonchev–Trinajstić information content (AvgIpc) is 3.10. The predicted octanol–water partition coefficient (Wildman–Crippen LogP) is 2.84. The largest absolute Gasteiger partial charge is 0.448 e. The molecule has 2 aliphatic rings.